The lowest BCUT2D eigenvalue weighted by Crippen LogP contribution is -2.67. The standard InChI is InChI=1S/C10H15ClN4/c1-2-3-10(12)5-15(6-10)9-8(11)4-13-7-14-9/h4,7H,2-3,5-6,12H2,1H3. The van der Waals surface area contributed by atoms with Gasteiger partial charge in [0.15, 0.2) is 5.82 Å². The Kier molecular flexibility index (Phi) is 2.80. The predicted octanol–water partition coefficient (Wildman–Crippen LogP) is 1.45. The highest BCUT2D eigenvalue weighted by molar-refractivity contribution is 6.32. The van der Waals surface area contributed by atoms with Gasteiger partial charge in [0.25, 0.3) is 0 Å². The first-order valence-corrected chi connectivity index (χ1v) is 5.52. The Balaban J connectivity index is 2.03. The molecule has 82 valence electrons. The van der Waals surface area contributed by atoms with Crippen molar-refractivity contribution in [1.82, 2.24) is 9.97 Å². The summed E-state index contributed by atoms with van der Waals surface area (Å²) in [6.45, 7) is 3.81. The van der Waals surface area contributed by atoms with E-state index in [2.05, 4.69) is 21.8 Å². The zero-order valence-electron chi connectivity index (χ0n) is 8.78. The lowest BCUT2D eigenvalue weighted by Gasteiger charge is -2.48. The van der Waals surface area contributed by atoms with Crippen LogP contribution in [0.25, 0.3) is 0 Å². The summed E-state index contributed by atoms with van der Waals surface area (Å²) in [4.78, 5) is 10.1. The minimum atomic E-state index is -0.0526. The number of halogens is 1. The zero-order chi connectivity index (χ0) is 10.9. The quantitative estimate of drug-likeness (QED) is 0.848. The molecule has 2 heterocycles. The second kappa shape index (κ2) is 3.94. The third-order valence-electron chi connectivity index (χ3n) is 2.71. The van der Waals surface area contributed by atoms with Crippen LogP contribution >= 0.6 is 11.6 Å². The largest absolute Gasteiger partial charge is 0.351 e. The number of aromatic nitrogens is 2. The van der Waals surface area contributed by atoms with Gasteiger partial charge in [-0.1, -0.05) is 24.9 Å². The van der Waals surface area contributed by atoms with Gasteiger partial charge in [0.2, 0.25) is 0 Å². The number of hydrogen-bond donors (Lipinski definition) is 1. The van der Waals surface area contributed by atoms with Crippen molar-refractivity contribution >= 4 is 17.4 Å². The van der Waals surface area contributed by atoms with E-state index in [0.29, 0.717) is 5.02 Å². The van der Waals surface area contributed by atoms with Gasteiger partial charge < -0.3 is 10.6 Å². The van der Waals surface area contributed by atoms with Crippen molar-refractivity contribution in [1.29, 1.82) is 0 Å². The first kappa shape index (κ1) is 10.6. The van der Waals surface area contributed by atoms with E-state index in [1.165, 1.54) is 6.33 Å². The number of hydrogen-bond acceptors (Lipinski definition) is 4. The fourth-order valence-corrected chi connectivity index (χ4v) is 2.28. The van der Waals surface area contributed by atoms with Crippen molar-refractivity contribution in [3.8, 4) is 0 Å². The average molecular weight is 227 g/mol. The summed E-state index contributed by atoms with van der Waals surface area (Å²) in [6, 6.07) is 0. The molecule has 4 nitrogen and oxygen atoms in total. The topological polar surface area (TPSA) is 55.0 Å². The van der Waals surface area contributed by atoms with E-state index in [4.69, 9.17) is 17.3 Å². The first-order valence-electron chi connectivity index (χ1n) is 5.14. The van der Waals surface area contributed by atoms with E-state index >= 15 is 0 Å². The molecule has 0 saturated carbocycles. The van der Waals surface area contributed by atoms with Gasteiger partial charge in [-0.2, -0.15) is 0 Å². The van der Waals surface area contributed by atoms with Gasteiger partial charge in [-0.15, -0.1) is 0 Å². The van der Waals surface area contributed by atoms with Crippen LogP contribution in [0.15, 0.2) is 12.5 Å². The Morgan fingerprint density at radius 2 is 2.33 bits per heavy atom. The summed E-state index contributed by atoms with van der Waals surface area (Å²) >= 11 is 5.99. The summed E-state index contributed by atoms with van der Waals surface area (Å²) in [5, 5.41) is 0.594. The van der Waals surface area contributed by atoms with Crippen molar-refractivity contribution in [3.63, 3.8) is 0 Å². The molecule has 1 aromatic heterocycles. The number of anilines is 1. The third-order valence-corrected chi connectivity index (χ3v) is 2.97. The van der Waals surface area contributed by atoms with E-state index in [-0.39, 0.29) is 5.54 Å². The van der Waals surface area contributed by atoms with Crippen molar-refractivity contribution in [3.05, 3.63) is 17.5 Å². The second-order valence-corrected chi connectivity index (χ2v) is 4.57. The fraction of sp³-hybridized carbons (Fsp3) is 0.600. The van der Waals surface area contributed by atoms with E-state index in [1.807, 2.05) is 0 Å². The highest BCUT2D eigenvalue weighted by atomic mass is 35.5. The molecule has 15 heavy (non-hydrogen) atoms. The summed E-state index contributed by atoms with van der Waals surface area (Å²) < 4.78 is 0. The molecule has 2 rings (SSSR count). The summed E-state index contributed by atoms with van der Waals surface area (Å²) in [6.07, 6.45) is 5.28. The molecule has 0 amide bonds. The molecule has 1 saturated heterocycles. The molecule has 0 bridgehead atoms. The molecule has 0 atom stereocenters. The van der Waals surface area contributed by atoms with Crippen LogP contribution in [0.4, 0.5) is 5.82 Å². The van der Waals surface area contributed by atoms with Gasteiger partial charge in [-0.05, 0) is 6.42 Å². The van der Waals surface area contributed by atoms with E-state index < -0.39 is 0 Å². The molecule has 1 aromatic rings. The molecule has 0 aliphatic carbocycles. The van der Waals surface area contributed by atoms with Crippen molar-refractivity contribution in [2.24, 2.45) is 5.73 Å². The minimum Gasteiger partial charge on any atom is -0.351 e. The monoisotopic (exact) mass is 226 g/mol. The molecule has 0 aromatic carbocycles. The molecule has 0 radical (unpaired) electrons. The van der Waals surface area contributed by atoms with Gasteiger partial charge in [0, 0.05) is 13.1 Å². The highest BCUT2D eigenvalue weighted by Gasteiger charge is 2.39. The molecule has 1 fully saturated rings. The fourth-order valence-electron chi connectivity index (χ4n) is 2.06. The normalized spacial score (nSPS) is 18.7. The van der Waals surface area contributed by atoms with Crippen molar-refractivity contribution in [2.45, 2.75) is 25.3 Å². The van der Waals surface area contributed by atoms with E-state index in [9.17, 15) is 0 Å². The molecule has 2 N–H and O–H groups in total. The molecule has 0 spiro atoms. The number of nitrogens with zero attached hydrogens (tertiary/aromatic N) is 3. The number of nitrogens with two attached hydrogens (primary N) is 1. The van der Waals surface area contributed by atoms with Gasteiger partial charge in [0.1, 0.15) is 11.3 Å². The summed E-state index contributed by atoms with van der Waals surface area (Å²) in [7, 11) is 0. The summed E-state index contributed by atoms with van der Waals surface area (Å²) in [5.41, 5.74) is 6.11. The minimum absolute atomic E-state index is 0.0526. The Labute approximate surface area is 94.5 Å². The van der Waals surface area contributed by atoms with Crippen LogP contribution in [-0.2, 0) is 0 Å². The first-order chi connectivity index (χ1) is 7.14. The van der Waals surface area contributed by atoms with E-state index in [0.717, 1.165) is 31.7 Å². The van der Waals surface area contributed by atoms with Crippen LogP contribution in [0, 0.1) is 0 Å². The predicted molar refractivity (Wildman–Crippen MR) is 61.1 cm³/mol. The average Bonchev–Trinajstić information content (AvgIpc) is 2.15. The molecule has 5 heteroatoms. The smallest absolute Gasteiger partial charge is 0.150 e. The maximum absolute atomic E-state index is 6.16. The lowest BCUT2D eigenvalue weighted by molar-refractivity contribution is 0.306. The Bertz CT molecular complexity index is 349. The van der Waals surface area contributed by atoms with Gasteiger partial charge in [0.05, 0.1) is 11.7 Å². The Morgan fingerprint density at radius 1 is 1.60 bits per heavy atom. The molecule has 1 aliphatic heterocycles. The maximum atomic E-state index is 6.16. The van der Waals surface area contributed by atoms with Crippen molar-refractivity contribution in [2.75, 3.05) is 18.0 Å². The van der Waals surface area contributed by atoms with Crippen LogP contribution in [0.2, 0.25) is 5.02 Å². The van der Waals surface area contributed by atoms with Gasteiger partial charge in [-0.3, -0.25) is 0 Å². The van der Waals surface area contributed by atoms with Crippen molar-refractivity contribution < 1.29 is 0 Å². The SMILES string of the molecule is CCCC1(N)CN(c2ncncc2Cl)C1. The number of rotatable bonds is 3. The van der Waals surface area contributed by atoms with Crippen LogP contribution in [0.3, 0.4) is 0 Å². The van der Waals surface area contributed by atoms with Gasteiger partial charge >= 0.3 is 0 Å². The summed E-state index contributed by atoms with van der Waals surface area (Å²) in [5.74, 6) is 0.795. The lowest BCUT2D eigenvalue weighted by atomic mass is 9.86. The second-order valence-electron chi connectivity index (χ2n) is 4.16. The van der Waals surface area contributed by atoms with Crippen LogP contribution in [0.1, 0.15) is 19.8 Å². The maximum Gasteiger partial charge on any atom is 0.150 e. The van der Waals surface area contributed by atoms with Crippen LogP contribution in [-0.4, -0.2) is 28.6 Å². The van der Waals surface area contributed by atoms with E-state index in [1.54, 1.807) is 6.20 Å². The zero-order valence-corrected chi connectivity index (χ0v) is 9.54. The van der Waals surface area contributed by atoms with Crippen LogP contribution < -0.4 is 10.6 Å². The third kappa shape index (κ3) is 2.06. The van der Waals surface area contributed by atoms with Crippen LogP contribution in [0.5, 0.6) is 0 Å². The Morgan fingerprint density at radius 3 is 2.93 bits per heavy atom. The van der Waals surface area contributed by atoms with Gasteiger partial charge in [-0.25, -0.2) is 9.97 Å². The molecule has 0 unspecified atom stereocenters. The molecular formula is C10H15ClN4. The highest BCUT2D eigenvalue weighted by Crippen LogP contribution is 2.31. The Hall–Kier alpha value is -0.870. The molecular weight excluding hydrogens is 212 g/mol. The molecule has 1 aliphatic rings.